The minimum absolute atomic E-state index is 0.168. The Morgan fingerprint density at radius 2 is 1.76 bits per heavy atom. The van der Waals surface area contributed by atoms with Crippen molar-refractivity contribution in [3.63, 3.8) is 0 Å². The average Bonchev–Trinajstić information content (AvgIpc) is 3.27. The second-order valence-electron chi connectivity index (χ2n) is 8.44. The van der Waals surface area contributed by atoms with Gasteiger partial charge in [0.1, 0.15) is 11.6 Å². The van der Waals surface area contributed by atoms with Crippen LogP contribution in [0.5, 0.6) is 17.2 Å². The van der Waals surface area contributed by atoms with Crippen molar-refractivity contribution in [1.29, 1.82) is 0 Å². The highest BCUT2D eigenvalue weighted by atomic mass is 16.5. The lowest BCUT2D eigenvalue weighted by atomic mass is 9.89. The summed E-state index contributed by atoms with van der Waals surface area (Å²) >= 11 is 0. The van der Waals surface area contributed by atoms with E-state index in [1.54, 1.807) is 33.5 Å². The van der Waals surface area contributed by atoms with Crippen LogP contribution in [0.4, 0.5) is 0 Å². The van der Waals surface area contributed by atoms with Gasteiger partial charge in [-0.2, -0.15) is 0 Å². The number of piperidine rings is 1. The van der Waals surface area contributed by atoms with Crippen molar-refractivity contribution in [3.8, 4) is 17.2 Å². The Hall–Kier alpha value is -3.52. The minimum Gasteiger partial charge on any atom is -0.497 e. The number of hydrogen-bond acceptors (Lipinski definition) is 6. The van der Waals surface area contributed by atoms with E-state index < -0.39 is 0 Å². The molecule has 0 amide bonds. The Morgan fingerprint density at radius 3 is 2.48 bits per heavy atom. The second kappa shape index (κ2) is 8.78. The van der Waals surface area contributed by atoms with Crippen molar-refractivity contribution in [3.05, 3.63) is 58.3 Å². The first-order valence-electron chi connectivity index (χ1n) is 11.1. The number of nitrogens with one attached hydrogen (secondary N) is 2. The summed E-state index contributed by atoms with van der Waals surface area (Å²) in [6.07, 6.45) is 4.23. The van der Waals surface area contributed by atoms with Gasteiger partial charge in [0.2, 0.25) is 0 Å². The fourth-order valence-corrected chi connectivity index (χ4v) is 4.79. The summed E-state index contributed by atoms with van der Waals surface area (Å²) in [5, 5.41) is 1.72. The molecule has 0 aliphatic carbocycles. The van der Waals surface area contributed by atoms with Gasteiger partial charge in [0.15, 0.2) is 11.5 Å². The molecule has 3 heterocycles. The standard InChI is InChI=1S/C25H28N4O4/c1-31-16-4-5-20-17(10-16)19(13-26-20)15-6-8-29(9-7-15)14-24-27-21-12-23(33-3)22(32-2)11-18(21)25(30)28-24/h4-5,10-13,15,26H,6-9,14H2,1-3H3,(H,27,28,30). The van der Waals surface area contributed by atoms with Crippen molar-refractivity contribution in [1.82, 2.24) is 19.9 Å². The molecule has 1 aliphatic rings. The highest BCUT2D eigenvalue weighted by molar-refractivity contribution is 5.85. The third kappa shape index (κ3) is 4.02. The first-order valence-corrected chi connectivity index (χ1v) is 11.1. The van der Waals surface area contributed by atoms with Gasteiger partial charge in [-0.15, -0.1) is 0 Å². The number of methoxy groups -OCH3 is 3. The molecule has 172 valence electrons. The Kier molecular flexibility index (Phi) is 5.68. The maximum absolute atomic E-state index is 12.7. The lowest BCUT2D eigenvalue weighted by Crippen LogP contribution is -2.33. The molecule has 1 fully saturated rings. The van der Waals surface area contributed by atoms with Crippen LogP contribution in [0.2, 0.25) is 0 Å². The van der Waals surface area contributed by atoms with Crippen LogP contribution in [-0.2, 0) is 6.54 Å². The Bertz CT molecular complexity index is 1350. The largest absolute Gasteiger partial charge is 0.497 e. The molecule has 0 unspecified atom stereocenters. The molecule has 0 spiro atoms. The third-order valence-electron chi connectivity index (χ3n) is 6.58. The van der Waals surface area contributed by atoms with Gasteiger partial charge in [-0.05, 0) is 61.7 Å². The molecular formula is C25H28N4O4. The molecule has 33 heavy (non-hydrogen) atoms. The molecular weight excluding hydrogens is 420 g/mol. The number of rotatable bonds is 6. The quantitative estimate of drug-likeness (QED) is 0.466. The van der Waals surface area contributed by atoms with E-state index in [4.69, 9.17) is 19.2 Å². The van der Waals surface area contributed by atoms with Crippen LogP contribution >= 0.6 is 0 Å². The summed E-state index contributed by atoms with van der Waals surface area (Å²) in [6, 6.07) is 9.59. The van der Waals surface area contributed by atoms with Gasteiger partial charge in [-0.3, -0.25) is 9.69 Å². The van der Waals surface area contributed by atoms with Gasteiger partial charge in [0.05, 0.1) is 38.8 Å². The predicted octanol–water partition coefficient (Wildman–Crippen LogP) is 3.81. The van der Waals surface area contributed by atoms with Gasteiger partial charge >= 0.3 is 0 Å². The van der Waals surface area contributed by atoms with Gasteiger partial charge in [0, 0.05) is 23.2 Å². The summed E-state index contributed by atoms with van der Waals surface area (Å²) in [5.74, 6) is 3.10. The number of aromatic amines is 2. The van der Waals surface area contributed by atoms with Gasteiger partial charge in [-0.1, -0.05) is 0 Å². The number of ether oxygens (including phenoxy) is 3. The summed E-state index contributed by atoms with van der Waals surface area (Å²) < 4.78 is 16.1. The predicted molar refractivity (Wildman–Crippen MR) is 128 cm³/mol. The normalized spacial score (nSPS) is 15.2. The molecule has 2 aromatic heterocycles. The highest BCUT2D eigenvalue weighted by Gasteiger charge is 2.24. The van der Waals surface area contributed by atoms with Crippen LogP contribution in [0.15, 0.2) is 41.3 Å². The number of nitrogens with zero attached hydrogens (tertiary/aromatic N) is 2. The van der Waals surface area contributed by atoms with E-state index in [0.717, 1.165) is 37.2 Å². The van der Waals surface area contributed by atoms with Crippen LogP contribution in [0.1, 0.15) is 30.1 Å². The minimum atomic E-state index is -0.168. The number of benzene rings is 2. The lowest BCUT2D eigenvalue weighted by molar-refractivity contribution is 0.200. The molecule has 0 atom stereocenters. The zero-order chi connectivity index (χ0) is 22.9. The lowest BCUT2D eigenvalue weighted by Gasteiger charge is -2.31. The van der Waals surface area contributed by atoms with E-state index in [-0.39, 0.29) is 5.56 Å². The van der Waals surface area contributed by atoms with E-state index in [1.807, 2.05) is 6.07 Å². The van der Waals surface area contributed by atoms with E-state index in [9.17, 15) is 4.79 Å². The number of likely N-dealkylation sites (tertiary alicyclic amines) is 1. The van der Waals surface area contributed by atoms with E-state index in [2.05, 4.69) is 33.2 Å². The van der Waals surface area contributed by atoms with Crippen LogP contribution in [-0.4, -0.2) is 54.3 Å². The molecule has 5 rings (SSSR count). The number of fused-ring (bicyclic) bond motifs is 2. The van der Waals surface area contributed by atoms with E-state index in [1.165, 1.54) is 10.9 Å². The highest BCUT2D eigenvalue weighted by Crippen LogP contribution is 2.35. The van der Waals surface area contributed by atoms with Crippen molar-refractivity contribution >= 4 is 21.8 Å². The third-order valence-corrected chi connectivity index (χ3v) is 6.58. The Morgan fingerprint density at radius 1 is 1.00 bits per heavy atom. The summed E-state index contributed by atoms with van der Waals surface area (Å²) in [7, 11) is 4.82. The first-order chi connectivity index (χ1) is 16.1. The van der Waals surface area contributed by atoms with Crippen LogP contribution in [0.3, 0.4) is 0 Å². The molecule has 0 bridgehead atoms. The summed E-state index contributed by atoms with van der Waals surface area (Å²) in [4.78, 5) is 26.0. The molecule has 1 aliphatic heterocycles. The van der Waals surface area contributed by atoms with E-state index >= 15 is 0 Å². The number of hydrogen-bond donors (Lipinski definition) is 2. The van der Waals surface area contributed by atoms with Crippen LogP contribution in [0, 0.1) is 0 Å². The zero-order valence-electron chi connectivity index (χ0n) is 19.1. The summed E-state index contributed by atoms with van der Waals surface area (Å²) in [5.41, 5.74) is 2.92. The van der Waals surface area contributed by atoms with Gasteiger partial charge in [-0.25, -0.2) is 4.98 Å². The maximum atomic E-state index is 12.7. The second-order valence-corrected chi connectivity index (χ2v) is 8.44. The molecule has 8 nitrogen and oxygen atoms in total. The summed E-state index contributed by atoms with van der Waals surface area (Å²) in [6.45, 7) is 2.48. The van der Waals surface area contributed by atoms with Crippen LogP contribution in [0.25, 0.3) is 21.8 Å². The van der Waals surface area contributed by atoms with Crippen molar-refractivity contribution in [2.75, 3.05) is 34.4 Å². The maximum Gasteiger partial charge on any atom is 0.258 e. The average molecular weight is 449 g/mol. The van der Waals surface area contributed by atoms with Crippen molar-refractivity contribution in [2.24, 2.45) is 0 Å². The molecule has 1 saturated heterocycles. The Labute approximate surface area is 191 Å². The van der Waals surface area contributed by atoms with Gasteiger partial charge < -0.3 is 24.2 Å². The molecule has 8 heteroatoms. The molecule has 2 N–H and O–H groups in total. The zero-order valence-corrected chi connectivity index (χ0v) is 19.1. The van der Waals surface area contributed by atoms with E-state index in [0.29, 0.717) is 40.7 Å². The number of aromatic nitrogens is 3. The van der Waals surface area contributed by atoms with Crippen molar-refractivity contribution < 1.29 is 14.2 Å². The van der Waals surface area contributed by atoms with Gasteiger partial charge in [0.25, 0.3) is 5.56 Å². The monoisotopic (exact) mass is 448 g/mol. The molecule has 0 radical (unpaired) electrons. The van der Waals surface area contributed by atoms with Crippen LogP contribution < -0.4 is 19.8 Å². The SMILES string of the molecule is COc1ccc2[nH]cc(C3CCN(Cc4nc5cc(OC)c(OC)cc5c(=O)[nH]4)CC3)c2c1. The molecule has 2 aromatic carbocycles. The smallest absolute Gasteiger partial charge is 0.258 e. The first kappa shape index (κ1) is 21.3. The molecule has 0 saturated carbocycles. The fourth-order valence-electron chi connectivity index (χ4n) is 4.79. The molecule has 4 aromatic rings. The topological polar surface area (TPSA) is 92.5 Å². The fraction of sp³-hybridized carbons (Fsp3) is 0.360. The van der Waals surface area contributed by atoms with Crippen molar-refractivity contribution in [2.45, 2.75) is 25.3 Å². The Balaban J connectivity index is 1.32. The number of H-pyrrole nitrogens is 2.